The molecule has 0 spiro atoms. The average Bonchev–Trinajstić information content (AvgIpc) is 2.53. The van der Waals surface area contributed by atoms with Gasteiger partial charge in [-0.3, -0.25) is 9.36 Å². The lowest BCUT2D eigenvalue weighted by atomic mass is 10.2. The number of thioether (sulfide) groups is 1. The molecule has 0 aliphatic carbocycles. The molecule has 1 aromatic heterocycles. The Bertz CT molecular complexity index is 734. The first-order valence-electron chi connectivity index (χ1n) is 7.96. The zero-order valence-corrected chi connectivity index (χ0v) is 15.8. The second-order valence-corrected chi connectivity index (χ2v) is 7.13. The van der Waals surface area contributed by atoms with E-state index in [9.17, 15) is 4.79 Å². The van der Waals surface area contributed by atoms with E-state index < -0.39 is 0 Å². The van der Waals surface area contributed by atoms with E-state index in [1.165, 1.54) is 11.8 Å². The molecule has 0 saturated carbocycles. The Morgan fingerprint density at radius 3 is 2.83 bits per heavy atom. The van der Waals surface area contributed by atoms with E-state index in [4.69, 9.17) is 21.1 Å². The monoisotopic (exact) mass is 370 g/mol. The van der Waals surface area contributed by atoms with Crippen LogP contribution in [0.1, 0.15) is 20.3 Å². The lowest BCUT2D eigenvalue weighted by Crippen LogP contribution is -2.24. The minimum Gasteiger partial charge on any atom is -0.384 e. The fourth-order valence-corrected chi connectivity index (χ4v) is 3.33. The van der Waals surface area contributed by atoms with Crippen molar-refractivity contribution >= 4 is 34.3 Å². The third-order valence-electron chi connectivity index (χ3n) is 3.38. The highest BCUT2D eigenvalue weighted by molar-refractivity contribution is 7.99. The number of halogens is 1. The molecule has 0 atom stereocenters. The van der Waals surface area contributed by atoms with Crippen LogP contribution in [0.4, 0.5) is 0 Å². The molecule has 132 valence electrons. The van der Waals surface area contributed by atoms with E-state index in [1.54, 1.807) is 29.9 Å². The number of ether oxygens (including phenoxy) is 2. The fourth-order valence-electron chi connectivity index (χ4n) is 2.24. The van der Waals surface area contributed by atoms with Gasteiger partial charge in [-0.05, 0) is 38.5 Å². The molecule has 1 aromatic carbocycles. The van der Waals surface area contributed by atoms with E-state index >= 15 is 0 Å². The molecule has 7 heteroatoms. The Hall–Kier alpha value is -1.08. The van der Waals surface area contributed by atoms with Crippen molar-refractivity contribution in [3.05, 3.63) is 33.6 Å². The average molecular weight is 371 g/mol. The van der Waals surface area contributed by atoms with Crippen LogP contribution in [-0.4, -0.2) is 41.7 Å². The topological polar surface area (TPSA) is 53.3 Å². The molecule has 0 bridgehead atoms. The maximum Gasteiger partial charge on any atom is 0.262 e. The molecule has 2 rings (SSSR count). The van der Waals surface area contributed by atoms with Gasteiger partial charge in [-0.1, -0.05) is 23.4 Å². The molecule has 24 heavy (non-hydrogen) atoms. The number of hydrogen-bond donors (Lipinski definition) is 0. The Labute approximate surface area is 151 Å². The number of aromatic nitrogens is 2. The van der Waals surface area contributed by atoms with E-state index in [-0.39, 0.29) is 11.7 Å². The predicted molar refractivity (Wildman–Crippen MR) is 99.3 cm³/mol. The summed E-state index contributed by atoms with van der Waals surface area (Å²) in [6, 6.07) is 5.18. The Morgan fingerprint density at radius 1 is 1.33 bits per heavy atom. The first-order chi connectivity index (χ1) is 11.5. The number of benzene rings is 1. The van der Waals surface area contributed by atoms with Crippen LogP contribution in [-0.2, 0) is 16.0 Å². The van der Waals surface area contributed by atoms with Crippen molar-refractivity contribution in [2.75, 3.05) is 26.1 Å². The highest BCUT2D eigenvalue weighted by Crippen LogP contribution is 2.20. The zero-order chi connectivity index (χ0) is 17.5. The van der Waals surface area contributed by atoms with Gasteiger partial charge in [0.05, 0.1) is 23.6 Å². The van der Waals surface area contributed by atoms with Gasteiger partial charge in [-0.15, -0.1) is 0 Å². The van der Waals surface area contributed by atoms with Gasteiger partial charge in [0.1, 0.15) is 0 Å². The van der Waals surface area contributed by atoms with Gasteiger partial charge < -0.3 is 9.47 Å². The van der Waals surface area contributed by atoms with E-state index in [1.807, 2.05) is 13.8 Å². The SMILES string of the molecule is COCCSc1nc2cc(Cl)ccc2c(=O)n1CCCOC(C)C. The number of hydrogen-bond acceptors (Lipinski definition) is 5. The first kappa shape index (κ1) is 19.2. The summed E-state index contributed by atoms with van der Waals surface area (Å²) in [5, 5.41) is 1.85. The second-order valence-electron chi connectivity index (χ2n) is 5.63. The van der Waals surface area contributed by atoms with Crippen LogP contribution in [0.5, 0.6) is 0 Å². The number of fused-ring (bicyclic) bond motifs is 1. The quantitative estimate of drug-likeness (QED) is 0.383. The van der Waals surface area contributed by atoms with Crippen molar-refractivity contribution in [2.45, 2.75) is 38.1 Å². The fraction of sp³-hybridized carbons (Fsp3) is 0.529. The highest BCUT2D eigenvalue weighted by Gasteiger charge is 2.12. The normalized spacial score (nSPS) is 11.5. The van der Waals surface area contributed by atoms with E-state index in [0.717, 1.165) is 12.2 Å². The Morgan fingerprint density at radius 2 is 2.12 bits per heavy atom. The molecule has 0 unspecified atom stereocenters. The van der Waals surface area contributed by atoms with Crippen molar-refractivity contribution in [1.29, 1.82) is 0 Å². The molecule has 2 aromatic rings. The van der Waals surface area contributed by atoms with Crippen LogP contribution < -0.4 is 5.56 Å². The lowest BCUT2D eigenvalue weighted by Gasteiger charge is -2.14. The minimum atomic E-state index is -0.0406. The lowest BCUT2D eigenvalue weighted by molar-refractivity contribution is 0.0743. The molecule has 0 radical (unpaired) electrons. The molecule has 0 N–H and O–H groups in total. The maximum absolute atomic E-state index is 12.8. The van der Waals surface area contributed by atoms with Crippen molar-refractivity contribution in [3.63, 3.8) is 0 Å². The van der Waals surface area contributed by atoms with Gasteiger partial charge in [0, 0.05) is 31.0 Å². The summed E-state index contributed by atoms with van der Waals surface area (Å²) in [5.74, 6) is 0.734. The van der Waals surface area contributed by atoms with Crippen LogP contribution in [0, 0.1) is 0 Å². The number of methoxy groups -OCH3 is 1. The first-order valence-corrected chi connectivity index (χ1v) is 9.32. The largest absolute Gasteiger partial charge is 0.384 e. The van der Waals surface area contributed by atoms with Crippen LogP contribution in [0.15, 0.2) is 28.2 Å². The summed E-state index contributed by atoms with van der Waals surface area (Å²) in [4.78, 5) is 17.4. The van der Waals surface area contributed by atoms with Crippen LogP contribution >= 0.6 is 23.4 Å². The van der Waals surface area contributed by atoms with Gasteiger partial charge >= 0.3 is 0 Å². The van der Waals surface area contributed by atoms with Crippen molar-refractivity contribution in [1.82, 2.24) is 9.55 Å². The molecule has 0 aliphatic heterocycles. The third-order valence-corrected chi connectivity index (χ3v) is 4.55. The van der Waals surface area contributed by atoms with E-state index in [0.29, 0.717) is 40.8 Å². The minimum absolute atomic E-state index is 0.0406. The Kier molecular flexibility index (Phi) is 7.55. The van der Waals surface area contributed by atoms with Gasteiger partial charge in [-0.2, -0.15) is 0 Å². The Balaban J connectivity index is 2.29. The summed E-state index contributed by atoms with van der Waals surface area (Å²) in [6.45, 7) is 5.79. The van der Waals surface area contributed by atoms with Crippen molar-refractivity contribution in [2.24, 2.45) is 0 Å². The van der Waals surface area contributed by atoms with Crippen LogP contribution in [0.25, 0.3) is 10.9 Å². The van der Waals surface area contributed by atoms with Crippen LogP contribution in [0.2, 0.25) is 5.02 Å². The van der Waals surface area contributed by atoms with Gasteiger partial charge in [0.15, 0.2) is 5.16 Å². The standard InChI is InChI=1S/C17H23ClN2O3S/c1-12(2)23-8-4-7-20-16(21)14-6-5-13(18)11-15(14)19-17(20)24-10-9-22-3/h5-6,11-12H,4,7-10H2,1-3H3. The van der Waals surface area contributed by atoms with Gasteiger partial charge in [-0.25, -0.2) is 4.98 Å². The summed E-state index contributed by atoms with van der Waals surface area (Å²) in [5.41, 5.74) is 0.586. The van der Waals surface area contributed by atoms with Gasteiger partial charge in [0.25, 0.3) is 5.56 Å². The summed E-state index contributed by atoms with van der Waals surface area (Å²) in [6.07, 6.45) is 0.950. The molecule has 1 heterocycles. The predicted octanol–water partition coefficient (Wildman–Crippen LogP) is 3.60. The summed E-state index contributed by atoms with van der Waals surface area (Å²) >= 11 is 7.54. The molecule has 0 amide bonds. The van der Waals surface area contributed by atoms with E-state index in [2.05, 4.69) is 4.98 Å². The number of rotatable bonds is 9. The van der Waals surface area contributed by atoms with Crippen molar-refractivity contribution < 1.29 is 9.47 Å². The third kappa shape index (κ3) is 5.21. The summed E-state index contributed by atoms with van der Waals surface area (Å²) < 4.78 is 12.4. The maximum atomic E-state index is 12.8. The zero-order valence-electron chi connectivity index (χ0n) is 14.3. The molecular formula is C17H23ClN2O3S. The number of nitrogens with zero attached hydrogens (tertiary/aromatic N) is 2. The van der Waals surface area contributed by atoms with Crippen LogP contribution in [0.3, 0.4) is 0 Å². The molecular weight excluding hydrogens is 348 g/mol. The second kappa shape index (κ2) is 9.42. The summed E-state index contributed by atoms with van der Waals surface area (Å²) in [7, 11) is 1.66. The molecule has 0 aliphatic rings. The van der Waals surface area contributed by atoms with Gasteiger partial charge in [0.2, 0.25) is 0 Å². The molecule has 0 fully saturated rings. The van der Waals surface area contributed by atoms with Crippen molar-refractivity contribution in [3.8, 4) is 0 Å². The molecule has 5 nitrogen and oxygen atoms in total. The molecule has 0 saturated heterocycles. The highest BCUT2D eigenvalue weighted by atomic mass is 35.5. The smallest absolute Gasteiger partial charge is 0.262 e.